The molecule has 1 unspecified atom stereocenters. The lowest BCUT2D eigenvalue weighted by Gasteiger charge is -2.33. The number of halogens is 2. The van der Waals surface area contributed by atoms with Crippen LogP contribution in [0.4, 0.5) is 0 Å². The molecule has 1 saturated heterocycles. The van der Waals surface area contributed by atoms with Crippen molar-refractivity contribution in [1.82, 2.24) is 9.62 Å². The third-order valence-corrected chi connectivity index (χ3v) is 7.97. The van der Waals surface area contributed by atoms with Gasteiger partial charge in [0.15, 0.2) is 0 Å². The highest BCUT2D eigenvalue weighted by molar-refractivity contribution is 9.10. The van der Waals surface area contributed by atoms with Gasteiger partial charge in [-0.1, -0.05) is 27.5 Å². The first kappa shape index (κ1) is 22.7. The van der Waals surface area contributed by atoms with Crippen LogP contribution < -0.4 is 4.72 Å². The lowest BCUT2D eigenvalue weighted by molar-refractivity contribution is 0.175. The highest BCUT2D eigenvalue weighted by atomic mass is 79.9. The molecule has 1 aliphatic heterocycles. The molecule has 0 aromatic heterocycles. The Morgan fingerprint density at radius 2 is 1.86 bits per heavy atom. The Kier molecular flexibility index (Phi) is 9.26. The zero-order chi connectivity index (χ0) is 19.9. The van der Waals surface area contributed by atoms with Crippen LogP contribution in [0.15, 0.2) is 22.7 Å². The SMILES string of the molecule is O=S(O)NC1CCC(CCCN2CCC(Cc3cc(Cl)ccc3Br)CC2)CC1. The van der Waals surface area contributed by atoms with E-state index in [1.165, 1.54) is 68.2 Å². The van der Waals surface area contributed by atoms with Gasteiger partial charge in [-0.15, -0.1) is 0 Å². The van der Waals surface area contributed by atoms with Crippen LogP contribution in [-0.4, -0.2) is 39.3 Å². The molecule has 2 N–H and O–H groups in total. The number of rotatable bonds is 8. The van der Waals surface area contributed by atoms with Crippen molar-refractivity contribution in [3.8, 4) is 0 Å². The number of benzene rings is 1. The zero-order valence-electron chi connectivity index (χ0n) is 16.4. The van der Waals surface area contributed by atoms with Gasteiger partial charge in [-0.3, -0.25) is 4.55 Å². The minimum absolute atomic E-state index is 0.223. The summed E-state index contributed by atoms with van der Waals surface area (Å²) in [5, 5.41) is 0.824. The summed E-state index contributed by atoms with van der Waals surface area (Å²) in [5.74, 6) is 1.55. The minimum atomic E-state index is -1.87. The van der Waals surface area contributed by atoms with Crippen molar-refractivity contribution in [1.29, 1.82) is 0 Å². The van der Waals surface area contributed by atoms with Crippen molar-refractivity contribution in [3.05, 3.63) is 33.3 Å². The lowest BCUT2D eigenvalue weighted by atomic mass is 9.83. The number of likely N-dealkylation sites (tertiary alicyclic amines) is 1. The van der Waals surface area contributed by atoms with Crippen molar-refractivity contribution < 1.29 is 8.76 Å². The van der Waals surface area contributed by atoms with Gasteiger partial charge in [-0.2, -0.15) is 0 Å². The maximum absolute atomic E-state index is 10.8. The smallest absolute Gasteiger partial charge is 0.231 e. The van der Waals surface area contributed by atoms with E-state index in [-0.39, 0.29) is 6.04 Å². The second kappa shape index (κ2) is 11.4. The molecule has 1 atom stereocenters. The van der Waals surface area contributed by atoms with E-state index in [9.17, 15) is 4.21 Å². The molecule has 0 amide bonds. The number of hydrogen-bond donors (Lipinski definition) is 2. The van der Waals surface area contributed by atoms with Crippen LogP contribution >= 0.6 is 27.5 Å². The average Bonchev–Trinajstić information content (AvgIpc) is 2.67. The standard InChI is InChI=1S/C21H32BrClN2O2S/c22-21-8-5-19(23)15-18(21)14-17-9-12-25(13-10-17)11-1-2-16-3-6-20(7-4-16)24-28(26)27/h5,8,15-17,20,24H,1-4,6-7,9-14H2,(H,26,27). The lowest BCUT2D eigenvalue weighted by Crippen LogP contribution is -2.36. The van der Waals surface area contributed by atoms with Crippen molar-refractivity contribution in [2.75, 3.05) is 19.6 Å². The molecule has 3 rings (SSSR count). The van der Waals surface area contributed by atoms with E-state index in [0.29, 0.717) is 0 Å². The van der Waals surface area contributed by atoms with Crippen LogP contribution in [0.5, 0.6) is 0 Å². The summed E-state index contributed by atoms with van der Waals surface area (Å²) >= 11 is 7.94. The quantitative estimate of drug-likeness (QED) is 0.477. The number of nitrogens with zero attached hydrogens (tertiary/aromatic N) is 1. The largest absolute Gasteiger partial charge is 0.303 e. The molecule has 1 aromatic rings. The van der Waals surface area contributed by atoms with Gasteiger partial charge in [-0.05, 0) is 113 Å². The van der Waals surface area contributed by atoms with E-state index in [4.69, 9.17) is 16.2 Å². The Labute approximate surface area is 185 Å². The molecule has 7 heteroatoms. The van der Waals surface area contributed by atoms with Crippen LogP contribution in [0.3, 0.4) is 0 Å². The monoisotopic (exact) mass is 490 g/mol. The maximum Gasteiger partial charge on any atom is 0.231 e. The van der Waals surface area contributed by atoms with Crippen molar-refractivity contribution >= 4 is 38.8 Å². The fourth-order valence-electron chi connectivity index (χ4n) is 4.74. The Bertz CT molecular complexity index is 647. The van der Waals surface area contributed by atoms with Gasteiger partial charge in [0.1, 0.15) is 0 Å². The molecule has 0 radical (unpaired) electrons. The van der Waals surface area contributed by atoms with E-state index in [0.717, 1.165) is 36.1 Å². The maximum atomic E-state index is 10.8. The molecular formula is C21H32BrClN2O2S. The molecule has 28 heavy (non-hydrogen) atoms. The van der Waals surface area contributed by atoms with E-state index in [1.807, 2.05) is 6.07 Å². The number of piperidine rings is 1. The van der Waals surface area contributed by atoms with Crippen molar-refractivity contribution in [2.24, 2.45) is 11.8 Å². The first-order chi connectivity index (χ1) is 13.5. The molecule has 0 bridgehead atoms. The third-order valence-electron chi connectivity index (χ3n) is 6.42. The van der Waals surface area contributed by atoms with Crippen LogP contribution in [0, 0.1) is 11.8 Å². The molecule has 0 spiro atoms. The van der Waals surface area contributed by atoms with Crippen molar-refractivity contribution in [3.63, 3.8) is 0 Å². The normalized spacial score (nSPS) is 25.7. The van der Waals surface area contributed by atoms with Gasteiger partial charge in [0.05, 0.1) is 0 Å². The molecule has 1 heterocycles. The highest BCUT2D eigenvalue weighted by Gasteiger charge is 2.23. The minimum Gasteiger partial charge on any atom is -0.303 e. The van der Waals surface area contributed by atoms with Gasteiger partial charge >= 0.3 is 0 Å². The predicted octanol–water partition coefficient (Wildman–Crippen LogP) is 5.42. The van der Waals surface area contributed by atoms with Crippen LogP contribution in [0.1, 0.15) is 56.9 Å². The van der Waals surface area contributed by atoms with Crippen LogP contribution in [0.2, 0.25) is 5.02 Å². The fourth-order valence-corrected chi connectivity index (χ4v) is 5.86. The predicted molar refractivity (Wildman–Crippen MR) is 121 cm³/mol. The average molecular weight is 492 g/mol. The Balaban J connectivity index is 1.30. The summed E-state index contributed by atoms with van der Waals surface area (Å²) in [6.07, 6.45) is 10.7. The summed E-state index contributed by atoms with van der Waals surface area (Å²) in [6.45, 7) is 3.63. The topological polar surface area (TPSA) is 52.6 Å². The molecule has 158 valence electrons. The fraction of sp³-hybridized carbons (Fsp3) is 0.714. The van der Waals surface area contributed by atoms with Gasteiger partial charge in [0, 0.05) is 15.5 Å². The molecular weight excluding hydrogens is 460 g/mol. The third kappa shape index (κ3) is 7.37. The second-order valence-corrected chi connectivity index (χ2v) is 10.5. The second-order valence-electron chi connectivity index (χ2n) is 8.45. The van der Waals surface area contributed by atoms with Gasteiger partial charge < -0.3 is 4.90 Å². The summed E-state index contributed by atoms with van der Waals surface area (Å²) in [5.41, 5.74) is 1.33. The number of hydrogen-bond acceptors (Lipinski definition) is 2. The molecule has 4 nitrogen and oxygen atoms in total. The summed E-state index contributed by atoms with van der Waals surface area (Å²) in [7, 11) is 0. The summed E-state index contributed by atoms with van der Waals surface area (Å²) in [4.78, 5) is 2.63. The van der Waals surface area contributed by atoms with E-state index < -0.39 is 11.3 Å². The molecule has 1 aromatic carbocycles. The molecule has 2 aliphatic rings. The van der Waals surface area contributed by atoms with E-state index in [2.05, 4.69) is 37.7 Å². The first-order valence-corrected chi connectivity index (χ1v) is 12.8. The van der Waals surface area contributed by atoms with Gasteiger partial charge in [0.2, 0.25) is 11.3 Å². The van der Waals surface area contributed by atoms with E-state index in [1.54, 1.807) is 0 Å². The van der Waals surface area contributed by atoms with Gasteiger partial charge in [-0.25, -0.2) is 8.93 Å². The first-order valence-electron chi connectivity index (χ1n) is 10.5. The highest BCUT2D eigenvalue weighted by Crippen LogP contribution is 2.30. The summed E-state index contributed by atoms with van der Waals surface area (Å²) in [6, 6.07) is 6.31. The molecule has 1 saturated carbocycles. The molecule has 1 aliphatic carbocycles. The Morgan fingerprint density at radius 3 is 2.54 bits per heavy atom. The van der Waals surface area contributed by atoms with Gasteiger partial charge in [0.25, 0.3) is 0 Å². The zero-order valence-corrected chi connectivity index (χ0v) is 19.6. The molecule has 2 fully saturated rings. The Morgan fingerprint density at radius 1 is 1.14 bits per heavy atom. The number of nitrogens with one attached hydrogen (secondary N) is 1. The van der Waals surface area contributed by atoms with Crippen LogP contribution in [-0.2, 0) is 17.7 Å². The van der Waals surface area contributed by atoms with Crippen molar-refractivity contribution in [2.45, 2.75) is 63.8 Å². The van der Waals surface area contributed by atoms with E-state index >= 15 is 0 Å². The Hall–Kier alpha value is 0.0200. The summed E-state index contributed by atoms with van der Waals surface area (Å²) < 4.78 is 23.7. The van der Waals surface area contributed by atoms with Crippen LogP contribution in [0.25, 0.3) is 0 Å².